The van der Waals surface area contributed by atoms with E-state index in [2.05, 4.69) is 12.2 Å². The first-order chi connectivity index (χ1) is 6.75. The molecule has 5 atom stereocenters. The third kappa shape index (κ3) is 0.996. The fraction of sp³-hybridized carbons (Fsp3) is 0.800. The van der Waals surface area contributed by atoms with Gasteiger partial charge in [0.05, 0.1) is 0 Å². The van der Waals surface area contributed by atoms with Gasteiger partial charge in [-0.2, -0.15) is 0 Å². The number of allylic oxidation sites excluding steroid dienone is 2. The molecule has 3 aliphatic carbocycles. The van der Waals surface area contributed by atoms with Gasteiger partial charge >= 0.3 is 0 Å². The van der Waals surface area contributed by atoms with Gasteiger partial charge < -0.3 is 4.84 Å². The van der Waals surface area contributed by atoms with Crippen molar-refractivity contribution in [2.45, 2.75) is 25.4 Å². The van der Waals surface area contributed by atoms with Gasteiger partial charge in [-0.3, -0.25) is 0 Å². The van der Waals surface area contributed by atoms with Gasteiger partial charge in [0.25, 0.3) is 5.09 Å². The first kappa shape index (κ1) is 8.26. The zero-order chi connectivity index (χ0) is 9.71. The quantitative estimate of drug-likeness (QED) is 0.383. The highest BCUT2D eigenvalue weighted by atomic mass is 17.0. The van der Waals surface area contributed by atoms with Gasteiger partial charge in [0.2, 0.25) is 0 Å². The number of hydrogen-bond acceptors (Lipinski definition) is 3. The fourth-order valence-corrected chi connectivity index (χ4v) is 3.73. The lowest BCUT2D eigenvalue weighted by atomic mass is 9.80. The molecule has 0 aromatic carbocycles. The topological polar surface area (TPSA) is 52.4 Å². The van der Waals surface area contributed by atoms with E-state index in [1.54, 1.807) is 0 Å². The molecule has 3 aliphatic rings. The molecule has 2 fully saturated rings. The SMILES string of the molecule is O=[N+]([O-])OC1CC2CC1C1CC=CC21. The maximum absolute atomic E-state index is 10.3. The van der Waals surface area contributed by atoms with Crippen molar-refractivity contribution in [1.29, 1.82) is 0 Å². The molecule has 0 N–H and O–H groups in total. The van der Waals surface area contributed by atoms with Crippen LogP contribution in [0.15, 0.2) is 12.2 Å². The van der Waals surface area contributed by atoms with Crippen LogP contribution in [0.2, 0.25) is 0 Å². The Morgan fingerprint density at radius 1 is 1.36 bits per heavy atom. The molecule has 2 saturated carbocycles. The minimum atomic E-state index is -0.622. The van der Waals surface area contributed by atoms with Gasteiger partial charge in [0, 0.05) is 0 Å². The number of nitrogens with zero attached hydrogens (tertiary/aromatic N) is 1. The van der Waals surface area contributed by atoms with Crippen LogP contribution >= 0.6 is 0 Å². The van der Waals surface area contributed by atoms with Crippen LogP contribution in [0.5, 0.6) is 0 Å². The van der Waals surface area contributed by atoms with Crippen molar-refractivity contribution in [2.75, 3.05) is 0 Å². The minimum absolute atomic E-state index is 0.115. The summed E-state index contributed by atoms with van der Waals surface area (Å²) in [6.07, 6.45) is 7.54. The maximum atomic E-state index is 10.3. The standard InChI is InChI=1S/C10H13NO3/c12-11(13)14-10-5-6-4-9(10)8-3-1-2-7(6)8/h1-2,6-10H,3-5H2. The van der Waals surface area contributed by atoms with Crippen molar-refractivity contribution < 1.29 is 9.92 Å². The van der Waals surface area contributed by atoms with Gasteiger partial charge in [-0.05, 0) is 42.9 Å². The summed E-state index contributed by atoms with van der Waals surface area (Å²) in [5.41, 5.74) is 0. The fourth-order valence-electron chi connectivity index (χ4n) is 3.73. The van der Waals surface area contributed by atoms with Gasteiger partial charge in [-0.25, -0.2) is 0 Å². The summed E-state index contributed by atoms with van der Waals surface area (Å²) >= 11 is 0. The van der Waals surface area contributed by atoms with Crippen LogP contribution in [0.4, 0.5) is 0 Å². The van der Waals surface area contributed by atoms with Crippen molar-refractivity contribution in [2.24, 2.45) is 23.7 Å². The lowest BCUT2D eigenvalue weighted by Crippen LogP contribution is -2.31. The largest absolute Gasteiger partial charge is 0.310 e. The average Bonchev–Trinajstić information content (AvgIpc) is 2.68. The molecule has 0 saturated heterocycles. The number of rotatable bonds is 2. The Bertz CT molecular complexity index is 302. The second-order valence-corrected chi connectivity index (χ2v) is 4.67. The highest BCUT2D eigenvalue weighted by molar-refractivity contribution is 5.14. The molecule has 0 aliphatic heterocycles. The Morgan fingerprint density at radius 2 is 2.21 bits per heavy atom. The predicted molar refractivity (Wildman–Crippen MR) is 48.8 cm³/mol. The van der Waals surface area contributed by atoms with E-state index in [0.717, 1.165) is 19.3 Å². The van der Waals surface area contributed by atoms with Crippen molar-refractivity contribution >= 4 is 0 Å². The molecule has 4 heteroatoms. The van der Waals surface area contributed by atoms with Crippen molar-refractivity contribution in [3.05, 3.63) is 22.3 Å². The molecule has 14 heavy (non-hydrogen) atoms. The zero-order valence-electron chi connectivity index (χ0n) is 7.83. The third-order valence-corrected chi connectivity index (χ3v) is 4.16. The lowest BCUT2D eigenvalue weighted by molar-refractivity contribution is -0.770. The lowest BCUT2D eigenvalue weighted by Gasteiger charge is -2.29. The van der Waals surface area contributed by atoms with Gasteiger partial charge in [0.1, 0.15) is 6.10 Å². The highest BCUT2D eigenvalue weighted by Gasteiger charge is 2.53. The normalized spacial score (nSPS) is 48.1. The van der Waals surface area contributed by atoms with Crippen LogP contribution in [0, 0.1) is 33.8 Å². The molecule has 0 aromatic rings. The first-order valence-corrected chi connectivity index (χ1v) is 5.23. The van der Waals surface area contributed by atoms with E-state index < -0.39 is 5.09 Å². The second kappa shape index (κ2) is 2.72. The van der Waals surface area contributed by atoms with E-state index in [9.17, 15) is 10.1 Å². The molecule has 0 aromatic heterocycles. The molecule has 76 valence electrons. The Balaban J connectivity index is 1.75. The van der Waals surface area contributed by atoms with Crippen molar-refractivity contribution in [3.63, 3.8) is 0 Å². The summed E-state index contributed by atoms with van der Waals surface area (Å²) in [4.78, 5) is 15.0. The number of hydrogen-bond donors (Lipinski definition) is 0. The molecular weight excluding hydrogens is 182 g/mol. The summed E-state index contributed by atoms with van der Waals surface area (Å²) in [7, 11) is 0. The van der Waals surface area contributed by atoms with E-state index >= 15 is 0 Å². The molecule has 0 heterocycles. The summed E-state index contributed by atoms with van der Waals surface area (Å²) in [5.74, 6) is 2.42. The Hall–Kier alpha value is -1.06. The molecular formula is C10H13NO3. The first-order valence-electron chi connectivity index (χ1n) is 5.23. The Morgan fingerprint density at radius 3 is 3.00 bits per heavy atom. The summed E-state index contributed by atoms with van der Waals surface area (Å²) < 4.78 is 0. The Kier molecular flexibility index (Phi) is 1.60. The average molecular weight is 195 g/mol. The molecule has 0 spiro atoms. The van der Waals surface area contributed by atoms with E-state index in [4.69, 9.17) is 4.84 Å². The van der Waals surface area contributed by atoms with E-state index in [1.165, 1.54) is 0 Å². The minimum Gasteiger partial charge on any atom is -0.310 e. The number of fused-ring (bicyclic) bond motifs is 5. The molecule has 0 radical (unpaired) electrons. The van der Waals surface area contributed by atoms with Crippen molar-refractivity contribution in [1.82, 2.24) is 0 Å². The van der Waals surface area contributed by atoms with Crippen LogP contribution in [0.25, 0.3) is 0 Å². The van der Waals surface area contributed by atoms with Crippen molar-refractivity contribution in [3.8, 4) is 0 Å². The van der Waals surface area contributed by atoms with Crippen LogP contribution in [0.1, 0.15) is 19.3 Å². The van der Waals surface area contributed by atoms with Crippen LogP contribution in [0.3, 0.4) is 0 Å². The molecule has 0 amide bonds. The molecule has 2 bridgehead atoms. The van der Waals surface area contributed by atoms with E-state index in [0.29, 0.717) is 23.7 Å². The zero-order valence-corrected chi connectivity index (χ0v) is 7.83. The molecule has 4 nitrogen and oxygen atoms in total. The summed E-state index contributed by atoms with van der Waals surface area (Å²) in [5, 5.41) is 9.67. The third-order valence-electron chi connectivity index (χ3n) is 4.16. The summed E-state index contributed by atoms with van der Waals surface area (Å²) in [6.45, 7) is 0. The molecule has 5 unspecified atom stereocenters. The highest BCUT2D eigenvalue weighted by Crippen LogP contribution is 2.57. The monoisotopic (exact) mass is 195 g/mol. The van der Waals surface area contributed by atoms with Gasteiger partial charge in [-0.1, -0.05) is 12.2 Å². The second-order valence-electron chi connectivity index (χ2n) is 4.67. The Labute approximate surface area is 82.0 Å². The van der Waals surface area contributed by atoms with E-state index in [-0.39, 0.29) is 6.10 Å². The van der Waals surface area contributed by atoms with E-state index in [1.807, 2.05) is 0 Å². The maximum Gasteiger partial charge on any atom is 0.294 e. The van der Waals surface area contributed by atoms with Crippen LogP contribution in [-0.2, 0) is 4.84 Å². The summed E-state index contributed by atoms with van der Waals surface area (Å²) in [6, 6.07) is 0. The van der Waals surface area contributed by atoms with Gasteiger partial charge in [-0.15, -0.1) is 10.1 Å². The van der Waals surface area contributed by atoms with Crippen LogP contribution < -0.4 is 0 Å². The predicted octanol–water partition coefficient (Wildman–Crippen LogP) is 1.80. The molecule has 3 rings (SSSR count). The smallest absolute Gasteiger partial charge is 0.294 e. The van der Waals surface area contributed by atoms with Crippen LogP contribution in [-0.4, -0.2) is 11.2 Å². The van der Waals surface area contributed by atoms with Gasteiger partial charge in [0.15, 0.2) is 0 Å².